The summed E-state index contributed by atoms with van der Waals surface area (Å²) in [5.74, 6) is -0.254. The van der Waals surface area contributed by atoms with Gasteiger partial charge in [0.25, 0.3) is 0 Å². The van der Waals surface area contributed by atoms with Gasteiger partial charge in [-0.05, 0) is 67.5 Å². The van der Waals surface area contributed by atoms with Gasteiger partial charge in [-0.2, -0.15) is 5.10 Å². The molecule has 0 radical (unpaired) electrons. The van der Waals surface area contributed by atoms with E-state index in [1.165, 1.54) is 28.8 Å². The highest BCUT2D eigenvalue weighted by Crippen LogP contribution is 2.45. The van der Waals surface area contributed by atoms with Crippen molar-refractivity contribution in [3.05, 3.63) is 89.0 Å². The molecule has 1 aromatic heterocycles. The maximum absolute atomic E-state index is 13.7. The molecule has 0 aliphatic heterocycles. The highest BCUT2D eigenvalue weighted by Gasteiger charge is 2.35. The van der Waals surface area contributed by atoms with Crippen LogP contribution in [-0.2, 0) is 11.2 Å². The topological polar surface area (TPSA) is 27.1 Å². The van der Waals surface area contributed by atoms with Gasteiger partial charge >= 0.3 is 0 Å². The number of aromatic nitrogens is 2. The van der Waals surface area contributed by atoms with E-state index in [1.807, 2.05) is 29.9 Å². The fourth-order valence-corrected chi connectivity index (χ4v) is 4.22. The van der Waals surface area contributed by atoms with Crippen LogP contribution < -0.4 is 0 Å². The zero-order valence-electron chi connectivity index (χ0n) is 17.2. The second kappa shape index (κ2) is 7.96. The highest BCUT2D eigenvalue weighted by atomic mass is 19.1. The van der Waals surface area contributed by atoms with Crippen LogP contribution in [0, 0.1) is 11.2 Å². The Morgan fingerprint density at radius 2 is 1.97 bits per heavy atom. The molecule has 4 heteroatoms. The first-order valence-corrected chi connectivity index (χ1v) is 10.2. The number of halogens is 1. The Hall–Kier alpha value is -2.72. The molecule has 29 heavy (non-hydrogen) atoms. The molecule has 0 unspecified atom stereocenters. The van der Waals surface area contributed by atoms with E-state index in [0.29, 0.717) is 6.61 Å². The van der Waals surface area contributed by atoms with Crippen LogP contribution in [0.1, 0.15) is 50.1 Å². The van der Waals surface area contributed by atoms with Crippen LogP contribution in [0.5, 0.6) is 0 Å². The molecule has 0 spiro atoms. The standard InChI is InChI=1S/C25H27FN2O/c1-4-29-24(19-9-6-5-7-10-19)16-25(3)15-20-17-27-28(23(20)13-18(25)2)22-12-8-11-21(26)14-22/h5-14,17,24H,4,15-16H2,1-3H3/t24-,25-/m1/s1. The molecule has 0 amide bonds. The van der Waals surface area contributed by atoms with Crippen molar-refractivity contribution < 1.29 is 9.13 Å². The van der Waals surface area contributed by atoms with E-state index in [4.69, 9.17) is 4.74 Å². The first-order chi connectivity index (χ1) is 14.0. The maximum Gasteiger partial charge on any atom is 0.125 e. The molecule has 4 rings (SSSR count). The van der Waals surface area contributed by atoms with E-state index in [0.717, 1.165) is 24.2 Å². The minimum atomic E-state index is -0.254. The lowest BCUT2D eigenvalue weighted by molar-refractivity contribution is 0.0324. The number of rotatable bonds is 6. The zero-order chi connectivity index (χ0) is 20.4. The molecule has 0 fully saturated rings. The minimum absolute atomic E-state index is 0.0293. The second-order valence-corrected chi connectivity index (χ2v) is 8.07. The van der Waals surface area contributed by atoms with Crippen molar-refractivity contribution in [2.75, 3.05) is 6.61 Å². The Morgan fingerprint density at radius 3 is 2.69 bits per heavy atom. The minimum Gasteiger partial charge on any atom is -0.374 e. The molecule has 0 saturated heterocycles. The molecule has 1 aliphatic carbocycles. The fraction of sp³-hybridized carbons (Fsp3) is 0.320. The molecule has 0 bridgehead atoms. The van der Waals surface area contributed by atoms with Gasteiger partial charge in [0.2, 0.25) is 0 Å². The molecule has 0 N–H and O–H groups in total. The Labute approximate surface area is 171 Å². The van der Waals surface area contributed by atoms with E-state index < -0.39 is 0 Å². The average Bonchev–Trinajstić information content (AvgIpc) is 3.11. The Balaban J connectivity index is 1.65. The van der Waals surface area contributed by atoms with Crippen molar-refractivity contribution in [2.45, 2.75) is 39.7 Å². The molecular formula is C25H27FN2O. The summed E-state index contributed by atoms with van der Waals surface area (Å²) in [6, 6.07) is 17.0. The summed E-state index contributed by atoms with van der Waals surface area (Å²) < 4.78 is 21.7. The summed E-state index contributed by atoms with van der Waals surface area (Å²) in [5, 5.41) is 4.56. The predicted octanol–water partition coefficient (Wildman–Crippen LogP) is 6.15. The van der Waals surface area contributed by atoms with E-state index in [-0.39, 0.29) is 17.3 Å². The van der Waals surface area contributed by atoms with E-state index >= 15 is 0 Å². The zero-order valence-corrected chi connectivity index (χ0v) is 17.2. The molecule has 1 aliphatic rings. The third-order valence-electron chi connectivity index (χ3n) is 6.00. The smallest absolute Gasteiger partial charge is 0.125 e. The summed E-state index contributed by atoms with van der Waals surface area (Å²) in [7, 11) is 0. The van der Waals surface area contributed by atoms with Crippen molar-refractivity contribution in [2.24, 2.45) is 5.41 Å². The van der Waals surface area contributed by atoms with Crippen LogP contribution >= 0.6 is 0 Å². The Bertz CT molecular complexity index is 1020. The number of hydrogen-bond acceptors (Lipinski definition) is 2. The van der Waals surface area contributed by atoms with Crippen LogP contribution in [0.4, 0.5) is 4.39 Å². The van der Waals surface area contributed by atoms with Gasteiger partial charge in [0.05, 0.1) is 23.7 Å². The predicted molar refractivity (Wildman–Crippen MR) is 114 cm³/mol. The van der Waals surface area contributed by atoms with Crippen LogP contribution in [0.15, 0.2) is 66.4 Å². The van der Waals surface area contributed by atoms with Crippen molar-refractivity contribution in [1.29, 1.82) is 0 Å². The van der Waals surface area contributed by atoms with Gasteiger partial charge in [-0.25, -0.2) is 9.07 Å². The SMILES string of the molecule is CCO[C@H](C[C@@]1(C)Cc2cnn(-c3cccc(F)c3)c2C=C1C)c1ccccc1. The lowest BCUT2D eigenvalue weighted by Crippen LogP contribution is -2.28. The third kappa shape index (κ3) is 3.90. The molecular weight excluding hydrogens is 363 g/mol. The molecule has 150 valence electrons. The fourth-order valence-electron chi connectivity index (χ4n) is 4.22. The van der Waals surface area contributed by atoms with Crippen LogP contribution in [0.3, 0.4) is 0 Å². The number of benzene rings is 2. The number of fused-ring (bicyclic) bond motifs is 1. The first-order valence-electron chi connectivity index (χ1n) is 10.2. The van der Waals surface area contributed by atoms with E-state index in [9.17, 15) is 4.39 Å². The number of allylic oxidation sites excluding steroid dienone is 1. The molecule has 2 atom stereocenters. The van der Waals surface area contributed by atoms with Crippen molar-refractivity contribution >= 4 is 6.08 Å². The van der Waals surface area contributed by atoms with Gasteiger partial charge in [0.15, 0.2) is 0 Å². The lowest BCUT2D eigenvalue weighted by atomic mass is 9.70. The van der Waals surface area contributed by atoms with Crippen LogP contribution in [0.2, 0.25) is 0 Å². The van der Waals surface area contributed by atoms with Crippen molar-refractivity contribution in [3.63, 3.8) is 0 Å². The van der Waals surface area contributed by atoms with E-state index in [2.05, 4.69) is 49.3 Å². The summed E-state index contributed by atoms with van der Waals surface area (Å²) >= 11 is 0. The number of ether oxygens (including phenoxy) is 1. The third-order valence-corrected chi connectivity index (χ3v) is 6.00. The van der Waals surface area contributed by atoms with Gasteiger partial charge < -0.3 is 4.74 Å². The van der Waals surface area contributed by atoms with Crippen LogP contribution in [0.25, 0.3) is 11.8 Å². The van der Waals surface area contributed by atoms with Gasteiger partial charge in [-0.3, -0.25) is 0 Å². The quantitative estimate of drug-likeness (QED) is 0.505. The normalized spacial score (nSPS) is 19.5. The molecule has 1 heterocycles. The van der Waals surface area contributed by atoms with Gasteiger partial charge in [0, 0.05) is 6.61 Å². The van der Waals surface area contributed by atoms with Crippen LogP contribution in [-0.4, -0.2) is 16.4 Å². The second-order valence-electron chi connectivity index (χ2n) is 8.07. The Kier molecular flexibility index (Phi) is 5.37. The molecule has 3 nitrogen and oxygen atoms in total. The van der Waals surface area contributed by atoms with Crippen molar-refractivity contribution in [3.8, 4) is 5.69 Å². The van der Waals surface area contributed by atoms with Gasteiger partial charge in [0.1, 0.15) is 5.82 Å². The van der Waals surface area contributed by atoms with Gasteiger partial charge in [-0.1, -0.05) is 48.9 Å². The first kappa shape index (κ1) is 19.6. The van der Waals surface area contributed by atoms with Gasteiger partial charge in [-0.15, -0.1) is 0 Å². The largest absolute Gasteiger partial charge is 0.374 e. The summed E-state index contributed by atoms with van der Waals surface area (Å²) in [6.07, 6.45) is 5.95. The lowest BCUT2D eigenvalue weighted by Gasteiger charge is -2.37. The molecule has 2 aromatic carbocycles. The Morgan fingerprint density at radius 1 is 1.17 bits per heavy atom. The summed E-state index contributed by atoms with van der Waals surface area (Å²) in [5.41, 5.74) is 5.45. The average molecular weight is 391 g/mol. The van der Waals surface area contributed by atoms with E-state index in [1.54, 1.807) is 6.07 Å². The highest BCUT2D eigenvalue weighted by molar-refractivity contribution is 5.60. The maximum atomic E-state index is 13.7. The summed E-state index contributed by atoms with van der Waals surface area (Å²) in [4.78, 5) is 0. The molecule has 3 aromatic rings. The number of nitrogens with zero attached hydrogens (tertiary/aromatic N) is 2. The number of hydrogen-bond donors (Lipinski definition) is 0. The summed E-state index contributed by atoms with van der Waals surface area (Å²) in [6.45, 7) is 7.21. The molecule has 0 saturated carbocycles. The van der Waals surface area contributed by atoms with Crippen molar-refractivity contribution in [1.82, 2.24) is 9.78 Å². The monoisotopic (exact) mass is 390 g/mol.